The Bertz CT molecular complexity index is 676. The first-order chi connectivity index (χ1) is 10.2. The highest BCUT2D eigenvalue weighted by atomic mass is 79.9. The van der Waals surface area contributed by atoms with E-state index in [4.69, 9.17) is 10.5 Å². The number of rotatable bonds is 3. The Morgan fingerprint density at radius 1 is 1.24 bits per heavy atom. The Balaban J connectivity index is 1.95. The molecule has 1 heterocycles. The summed E-state index contributed by atoms with van der Waals surface area (Å²) in [6.07, 6.45) is 4.38. The van der Waals surface area contributed by atoms with Crippen LogP contribution in [0.25, 0.3) is 0 Å². The molecule has 3 nitrogen and oxygen atoms in total. The van der Waals surface area contributed by atoms with Crippen LogP contribution in [0.2, 0.25) is 0 Å². The van der Waals surface area contributed by atoms with Crippen LogP contribution in [-0.2, 0) is 19.4 Å². The van der Waals surface area contributed by atoms with Gasteiger partial charge in [-0.25, -0.2) is 9.37 Å². The molecular formula is C16H16BrFN2O. The van der Waals surface area contributed by atoms with Gasteiger partial charge in [-0.05, 0) is 71.4 Å². The summed E-state index contributed by atoms with van der Waals surface area (Å²) in [6, 6.07) is 6.63. The molecule has 21 heavy (non-hydrogen) atoms. The van der Waals surface area contributed by atoms with E-state index in [0.29, 0.717) is 22.6 Å². The van der Waals surface area contributed by atoms with E-state index < -0.39 is 0 Å². The van der Waals surface area contributed by atoms with E-state index in [1.54, 1.807) is 12.1 Å². The first kappa shape index (κ1) is 14.5. The van der Waals surface area contributed by atoms with Crippen molar-refractivity contribution in [1.82, 2.24) is 4.98 Å². The Hall–Kier alpha value is -1.46. The number of hydrogen-bond acceptors (Lipinski definition) is 3. The maximum atomic E-state index is 13.3. The van der Waals surface area contributed by atoms with Gasteiger partial charge in [0.25, 0.3) is 0 Å². The molecule has 0 amide bonds. The molecule has 110 valence electrons. The molecule has 0 spiro atoms. The van der Waals surface area contributed by atoms with Gasteiger partial charge in [-0.1, -0.05) is 0 Å². The fraction of sp³-hybridized carbons (Fsp3) is 0.312. The third kappa shape index (κ3) is 3.09. The molecule has 2 aromatic rings. The molecule has 0 saturated heterocycles. The fourth-order valence-corrected chi connectivity index (χ4v) is 2.91. The summed E-state index contributed by atoms with van der Waals surface area (Å²) >= 11 is 3.15. The van der Waals surface area contributed by atoms with Crippen LogP contribution in [0.1, 0.15) is 29.7 Å². The standard InChI is InChI=1S/C16H16BrFN2O/c17-13-8-12(5-6-14(13)18)21-16-11(9-19)7-10-3-1-2-4-15(10)20-16/h5-8H,1-4,9,19H2. The third-order valence-electron chi connectivity index (χ3n) is 3.67. The molecule has 3 rings (SSSR count). The summed E-state index contributed by atoms with van der Waals surface area (Å²) in [4.78, 5) is 4.62. The van der Waals surface area contributed by atoms with Gasteiger partial charge in [0.2, 0.25) is 5.88 Å². The Morgan fingerprint density at radius 3 is 2.81 bits per heavy atom. The van der Waals surface area contributed by atoms with E-state index in [-0.39, 0.29) is 5.82 Å². The van der Waals surface area contributed by atoms with Gasteiger partial charge in [0.15, 0.2) is 0 Å². The number of nitrogens with two attached hydrogens (primary N) is 1. The van der Waals surface area contributed by atoms with Gasteiger partial charge < -0.3 is 10.5 Å². The molecule has 1 aliphatic rings. The second-order valence-electron chi connectivity index (χ2n) is 5.15. The second kappa shape index (κ2) is 6.12. The summed E-state index contributed by atoms with van der Waals surface area (Å²) < 4.78 is 19.5. The normalized spacial score (nSPS) is 13.9. The van der Waals surface area contributed by atoms with Crippen molar-refractivity contribution in [3.63, 3.8) is 0 Å². The number of aryl methyl sites for hydroxylation is 2. The molecule has 1 aromatic heterocycles. The van der Waals surface area contributed by atoms with Crippen molar-refractivity contribution >= 4 is 15.9 Å². The average molecular weight is 351 g/mol. The molecule has 0 bridgehead atoms. The minimum atomic E-state index is -0.320. The maximum absolute atomic E-state index is 13.3. The summed E-state index contributed by atoms with van der Waals surface area (Å²) in [5.41, 5.74) is 9.05. The van der Waals surface area contributed by atoms with Crippen molar-refractivity contribution < 1.29 is 9.13 Å². The van der Waals surface area contributed by atoms with E-state index in [2.05, 4.69) is 27.0 Å². The van der Waals surface area contributed by atoms with Crippen LogP contribution >= 0.6 is 15.9 Å². The number of aromatic nitrogens is 1. The van der Waals surface area contributed by atoms with Crippen molar-refractivity contribution in [2.45, 2.75) is 32.2 Å². The minimum absolute atomic E-state index is 0.320. The SMILES string of the molecule is NCc1cc2c(nc1Oc1ccc(F)c(Br)c1)CCCC2. The molecule has 1 aliphatic carbocycles. The number of fused-ring (bicyclic) bond motifs is 1. The van der Waals surface area contributed by atoms with E-state index >= 15 is 0 Å². The molecule has 0 atom stereocenters. The van der Waals surface area contributed by atoms with Gasteiger partial charge in [-0.3, -0.25) is 0 Å². The lowest BCUT2D eigenvalue weighted by Crippen LogP contribution is -2.10. The van der Waals surface area contributed by atoms with Gasteiger partial charge >= 0.3 is 0 Å². The molecule has 0 fully saturated rings. The summed E-state index contributed by atoms with van der Waals surface area (Å²) in [5.74, 6) is 0.748. The molecule has 0 saturated carbocycles. The van der Waals surface area contributed by atoms with E-state index in [1.165, 1.54) is 18.1 Å². The van der Waals surface area contributed by atoms with Crippen molar-refractivity contribution in [2.24, 2.45) is 5.73 Å². The molecular weight excluding hydrogens is 335 g/mol. The van der Waals surface area contributed by atoms with E-state index in [0.717, 1.165) is 30.5 Å². The lowest BCUT2D eigenvalue weighted by Gasteiger charge is -2.18. The Kier molecular flexibility index (Phi) is 4.22. The zero-order valence-corrected chi connectivity index (χ0v) is 13.1. The van der Waals surface area contributed by atoms with Crippen LogP contribution < -0.4 is 10.5 Å². The zero-order chi connectivity index (χ0) is 14.8. The maximum Gasteiger partial charge on any atom is 0.223 e. The smallest absolute Gasteiger partial charge is 0.223 e. The van der Waals surface area contributed by atoms with Crippen LogP contribution in [0.4, 0.5) is 4.39 Å². The number of hydrogen-bond donors (Lipinski definition) is 1. The topological polar surface area (TPSA) is 48.1 Å². The second-order valence-corrected chi connectivity index (χ2v) is 6.00. The highest BCUT2D eigenvalue weighted by molar-refractivity contribution is 9.10. The predicted molar refractivity (Wildman–Crippen MR) is 82.9 cm³/mol. The van der Waals surface area contributed by atoms with Gasteiger partial charge in [0, 0.05) is 17.8 Å². The van der Waals surface area contributed by atoms with Gasteiger partial charge in [0.1, 0.15) is 11.6 Å². The van der Waals surface area contributed by atoms with Gasteiger partial charge in [0.05, 0.1) is 4.47 Å². The number of halogens is 2. The number of ether oxygens (including phenoxy) is 1. The van der Waals surface area contributed by atoms with Crippen LogP contribution in [0.3, 0.4) is 0 Å². The predicted octanol–water partition coefficient (Wildman–Crippen LogP) is 4.11. The fourth-order valence-electron chi connectivity index (χ4n) is 2.55. The highest BCUT2D eigenvalue weighted by Crippen LogP contribution is 2.30. The molecule has 5 heteroatoms. The van der Waals surface area contributed by atoms with Crippen LogP contribution in [0.15, 0.2) is 28.7 Å². The Morgan fingerprint density at radius 2 is 2.05 bits per heavy atom. The third-order valence-corrected chi connectivity index (χ3v) is 4.27. The van der Waals surface area contributed by atoms with Crippen molar-refractivity contribution in [2.75, 3.05) is 0 Å². The molecule has 0 radical (unpaired) electrons. The van der Waals surface area contributed by atoms with Crippen LogP contribution in [0, 0.1) is 5.82 Å². The monoisotopic (exact) mass is 350 g/mol. The quantitative estimate of drug-likeness (QED) is 0.905. The van der Waals surface area contributed by atoms with Crippen molar-refractivity contribution in [1.29, 1.82) is 0 Å². The summed E-state index contributed by atoms with van der Waals surface area (Å²) in [6.45, 7) is 0.373. The molecule has 2 N–H and O–H groups in total. The average Bonchev–Trinajstić information content (AvgIpc) is 2.50. The number of pyridine rings is 1. The van der Waals surface area contributed by atoms with E-state index in [1.807, 2.05) is 0 Å². The van der Waals surface area contributed by atoms with Crippen LogP contribution in [0.5, 0.6) is 11.6 Å². The first-order valence-corrected chi connectivity index (χ1v) is 7.81. The first-order valence-electron chi connectivity index (χ1n) is 7.02. The lowest BCUT2D eigenvalue weighted by molar-refractivity contribution is 0.449. The van der Waals surface area contributed by atoms with Gasteiger partial charge in [-0.2, -0.15) is 0 Å². The Labute approximate surface area is 131 Å². The largest absolute Gasteiger partial charge is 0.439 e. The lowest BCUT2D eigenvalue weighted by atomic mass is 9.95. The molecule has 0 unspecified atom stereocenters. The summed E-state index contributed by atoms with van der Waals surface area (Å²) in [7, 11) is 0. The van der Waals surface area contributed by atoms with Crippen molar-refractivity contribution in [3.05, 3.63) is 51.4 Å². The van der Waals surface area contributed by atoms with Crippen LogP contribution in [-0.4, -0.2) is 4.98 Å². The zero-order valence-electron chi connectivity index (χ0n) is 11.5. The molecule has 0 aliphatic heterocycles. The van der Waals surface area contributed by atoms with E-state index in [9.17, 15) is 4.39 Å². The number of nitrogens with zero attached hydrogens (tertiary/aromatic N) is 1. The van der Waals surface area contributed by atoms with Crippen molar-refractivity contribution in [3.8, 4) is 11.6 Å². The molecule has 1 aromatic carbocycles. The summed E-state index contributed by atoms with van der Waals surface area (Å²) in [5, 5.41) is 0. The minimum Gasteiger partial charge on any atom is -0.439 e. The number of benzene rings is 1. The highest BCUT2D eigenvalue weighted by Gasteiger charge is 2.16. The van der Waals surface area contributed by atoms with Gasteiger partial charge in [-0.15, -0.1) is 0 Å².